The predicted octanol–water partition coefficient (Wildman–Crippen LogP) is 2.41. The Morgan fingerprint density at radius 3 is 2.45 bits per heavy atom. The zero-order valence-electron chi connectivity index (χ0n) is 16.3. The number of nitrogens with two attached hydrogens (primary N) is 1. The molecule has 0 aliphatic heterocycles. The van der Waals surface area contributed by atoms with E-state index in [9.17, 15) is 24.6 Å². The molecule has 2 aliphatic carbocycles. The minimum absolute atomic E-state index is 0.0142. The van der Waals surface area contributed by atoms with E-state index in [1.54, 1.807) is 12.1 Å². The molecule has 2 aliphatic rings. The summed E-state index contributed by atoms with van der Waals surface area (Å²) in [5, 5.41) is 22.3. The van der Waals surface area contributed by atoms with Gasteiger partial charge in [-0.3, -0.25) is 14.4 Å². The lowest BCUT2D eigenvalue weighted by Crippen LogP contribution is -2.41. The van der Waals surface area contributed by atoms with Crippen LogP contribution in [0, 0.1) is 25.7 Å². The van der Waals surface area contributed by atoms with Gasteiger partial charge < -0.3 is 20.7 Å². The van der Waals surface area contributed by atoms with Crippen LogP contribution in [0.25, 0.3) is 10.8 Å². The van der Waals surface area contributed by atoms with Crippen molar-refractivity contribution in [3.63, 3.8) is 0 Å². The molecule has 0 aromatic heterocycles. The van der Waals surface area contributed by atoms with Gasteiger partial charge in [-0.25, -0.2) is 0 Å². The molecule has 7 heteroatoms. The third kappa shape index (κ3) is 2.46. The molecule has 0 radical (unpaired) electrons. The Labute approximate surface area is 166 Å². The number of hydrogen-bond donors (Lipinski definition) is 3. The van der Waals surface area contributed by atoms with E-state index in [1.807, 2.05) is 13.8 Å². The van der Waals surface area contributed by atoms with Crippen molar-refractivity contribution in [2.45, 2.75) is 26.7 Å². The maximum absolute atomic E-state index is 13.5. The average Bonchev–Trinajstić information content (AvgIpc) is 2.64. The highest BCUT2D eigenvalue weighted by Gasteiger charge is 2.47. The molecular weight excluding hydrogens is 374 g/mol. The Balaban J connectivity index is 2.06. The molecule has 4 N–H and O–H groups in total. The summed E-state index contributed by atoms with van der Waals surface area (Å²) >= 11 is 0. The molecule has 4 rings (SSSR count). The van der Waals surface area contributed by atoms with Gasteiger partial charge in [0.1, 0.15) is 22.8 Å². The highest BCUT2D eigenvalue weighted by molar-refractivity contribution is 6.22. The van der Waals surface area contributed by atoms with Gasteiger partial charge in [0.15, 0.2) is 11.6 Å². The molecule has 0 heterocycles. The molecule has 2 atom stereocenters. The third-order valence-electron chi connectivity index (χ3n) is 6.17. The first-order valence-electron chi connectivity index (χ1n) is 9.31. The number of ketones is 2. The van der Waals surface area contributed by atoms with Gasteiger partial charge in [0.2, 0.25) is 0 Å². The fraction of sp³-hybridized carbons (Fsp3) is 0.318. The minimum atomic E-state index is -1.04. The van der Waals surface area contributed by atoms with E-state index in [4.69, 9.17) is 10.5 Å². The zero-order chi connectivity index (χ0) is 21.2. The number of hydrogen-bond acceptors (Lipinski definition) is 6. The van der Waals surface area contributed by atoms with Gasteiger partial charge in [-0.15, -0.1) is 0 Å². The number of aryl methyl sites for hydroxylation is 2. The smallest absolute Gasteiger partial charge is 0.255 e. The number of methoxy groups -OCH3 is 1. The number of amides is 1. The summed E-state index contributed by atoms with van der Waals surface area (Å²) in [6.45, 7) is 3.78. The average molecular weight is 395 g/mol. The quantitative estimate of drug-likeness (QED) is 0.670. The number of carbonyl (C=O) groups is 3. The summed E-state index contributed by atoms with van der Waals surface area (Å²) in [6.07, 6.45) is 0.317. The molecule has 7 nitrogen and oxygen atoms in total. The van der Waals surface area contributed by atoms with Gasteiger partial charge in [0.25, 0.3) is 5.91 Å². The highest BCUT2D eigenvalue weighted by atomic mass is 16.5. The van der Waals surface area contributed by atoms with Crippen molar-refractivity contribution < 1.29 is 29.3 Å². The summed E-state index contributed by atoms with van der Waals surface area (Å²) in [6, 6.07) is 3.34. The first kappa shape index (κ1) is 19.0. The van der Waals surface area contributed by atoms with Crippen molar-refractivity contribution in [2.75, 3.05) is 7.11 Å². The largest absolute Gasteiger partial charge is 0.511 e. The summed E-state index contributed by atoms with van der Waals surface area (Å²) in [4.78, 5) is 37.5. The van der Waals surface area contributed by atoms with E-state index in [2.05, 4.69) is 0 Å². The summed E-state index contributed by atoms with van der Waals surface area (Å²) in [5.74, 6) is -3.89. The number of aliphatic hydroxyl groups excluding tert-OH is 1. The van der Waals surface area contributed by atoms with Gasteiger partial charge in [-0.05, 0) is 54.3 Å². The summed E-state index contributed by atoms with van der Waals surface area (Å²) in [5.41, 5.74) is 7.50. The molecule has 0 saturated carbocycles. The maximum Gasteiger partial charge on any atom is 0.255 e. The lowest BCUT2D eigenvalue weighted by Gasteiger charge is -2.36. The van der Waals surface area contributed by atoms with Gasteiger partial charge in [0.05, 0.1) is 24.0 Å². The molecule has 0 bridgehead atoms. The van der Waals surface area contributed by atoms with E-state index in [0.717, 1.165) is 22.1 Å². The fourth-order valence-corrected chi connectivity index (χ4v) is 4.92. The van der Waals surface area contributed by atoms with Crippen molar-refractivity contribution in [3.05, 3.63) is 45.7 Å². The number of rotatable bonds is 2. The van der Waals surface area contributed by atoms with Crippen molar-refractivity contribution in [1.29, 1.82) is 0 Å². The maximum atomic E-state index is 13.5. The number of phenolic OH excluding ortho intramolecular Hbond substituents is 1. The normalized spacial score (nSPS) is 21.2. The number of ether oxygens (including phenoxy) is 1. The second-order valence-corrected chi connectivity index (χ2v) is 7.72. The van der Waals surface area contributed by atoms with Gasteiger partial charge in [-0.2, -0.15) is 0 Å². The first-order chi connectivity index (χ1) is 13.7. The number of fused-ring (bicyclic) bond motifs is 3. The molecule has 0 fully saturated rings. The van der Waals surface area contributed by atoms with E-state index in [-0.39, 0.29) is 23.5 Å². The molecule has 150 valence electrons. The van der Waals surface area contributed by atoms with Crippen molar-refractivity contribution in [2.24, 2.45) is 17.6 Å². The van der Waals surface area contributed by atoms with Crippen molar-refractivity contribution in [3.8, 4) is 11.5 Å². The second kappa shape index (κ2) is 6.34. The van der Waals surface area contributed by atoms with Crippen LogP contribution in [0.3, 0.4) is 0 Å². The fourth-order valence-electron chi connectivity index (χ4n) is 4.92. The van der Waals surface area contributed by atoms with Crippen LogP contribution >= 0.6 is 0 Å². The van der Waals surface area contributed by atoms with Crippen LogP contribution in [0.5, 0.6) is 11.5 Å². The monoisotopic (exact) mass is 395 g/mol. The number of Topliss-reactive ketones (excluding diaryl/α,β-unsaturated/α-hetero) is 2. The Morgan fingerprint density at radius 2 is 1.83 bits per heavy atom. The van der Waals surface area contributed by atoms with Crippen LogP contribution in [0.1, 0.15) is 33.5 Å². The molecule has 0 spiro atoms. The van der Waals surface area contributed by atoms with Crippen molar-refractivity contribution >= 4 is 28.2 Å². The summed E-state index contributed by atoms with van der Waals surface area (Å²) in [7, 11) is 1.42. The second-order valence-electron chi connectivity index (χ2n) is 7.72. The van der Waals surface area contributed by atoms with E-state index >= 15 is 0 Å². The van der Waals surface area contributed by atoms with Gasteiger partial charge >= 0.3 is 0 Å². The highest BCUT2D eigenvalue weighted by Crippen LogP contribution is 2.49. The third-order valence-corrected chi connectivity index (χ3v) is 6.17. The van der Waals surface area contributed by atoms with Crippen LogP contribution in [-0.2, 0) is 16.0 Å². The number of aromatic hydroxyl groups is 1. The minimum Gasteiger partial charge on any atom is -0.511 e. The SMILES string of the molecule is COc1c2c(c(C)c3c(C)ccc(O)c13)CC1CC(=O)C(C(N)=O)=C(O)C1C2=O. The molecular formula is C22H21NO6. The number of benzene rings is 2. The molecule has 29 heavy (non-hydrogen) atoms. The summed E-state index contributed by atoms with van der Waals surface area (Å²) < 4.78 is 5.56. The Hall–Kier alpha value is -3.35. The molecule has 2 aromatic rings. The van der Waals surface area contributed by atoms with Gasteiger partial charge in [0, 0.05) is 6.42 Å². The van der Waals surface area contributed by atoms with E-state index in [1.165, 1.54) is 7.11 Å². The number of aliphatic hydroxyl groups is 1. The Kier molecular flexibility index (Phi) is 4.15. The van der Waals surface area contributed by atoms with Gasteiger partial charge in [-0.1, -0.05) is 6.07 Å². The predicted molar refractivity (Wildman–Crippen MR) is 105 cm³/mol. The Bertz CT molecular complexity index is 1160. The number of carbonyl (C=O) groups excluding carboxylic acids is 3. The first-order valence-corrected chi connectivity index (χ1v) is 9.31. The van der Waals surface area contributed by atoms with Crippen LogP contribution in [0.15, 0.2) is 23.5 Å². The molecule has 2 unspecified atom stereocenters. The topological polar surface area (TPSA) is 127 Å². The van der Waals surface area contributed by atoms with Crippen LogP contribution in [-0.4, -0.2) is 34.8 Å². The lowest BCUT2D eigenvalue weighted by molar-refractivity contribution is -0.122. The molecule has 0 saturated heterocycles. The van der Waals surface area contributed by atoms with Crippen LogP contribution in [0.2, 0.25) is 0 Å². The lowest BCUT2D eigenvalue weighted by atomic mass is 9.66. The number of phenols is 1. The van der Waals surface area contributed by atoms with E-state index in [0.29, 0.717) is 11.8 Å². The van der Waals surface area contributed by atoms with E-state index < -0.39 is 40.6 Å². The zero-order valence-corrected chi connectivity index (χ0v) is 16.3. The van der Waals surface area contributed by atoms with Crippen LogP contribution < -0.4 is 10.5 Å². The molecule has 1 amide bonds. The number of primary amides is 1. The Morgan fingerprint density at radius 1 is 1.14 bits per heavy atom. The number of allylic oxidation sites excluding steroid dienone is 1. The van der Waals surface area contributed by atoms with Crippen LogP contribution in [0.4, 0.5) is 0 Å². The standard InChI is InChI=1S/C22H21NO6/c1-8-4-5-12(24)17-14(8)9(2)11-6-10-7-13(25)18(22(23)28)20(27)15(10)19(26)16(11)21(17)29-3/h4-5,10,15,24,27H,6-7H2,1-3H3,(H2,23,28). The molecule has 2 aromatic carbocycles. The van der Waals surface area contributed by atoms with Crippen molar-refractivity contribution in [1.82, 2.24) is 0 Å².